The maximum absolute atomic E-state index is 11.3. The van der Waals surface area contributed by atoms with E-state index in [1.807, 2.05) is 0 Å². The van der Waals surface area contributed by atoms with Gasteiger partial charge in [0, 0.05) is 12.1 Å². The van der Waals surface area contributed by atoms with Crippen LogP contribution in [0.25, 0.3) is 0 Å². The lowest BCUT2D eigenvalue weighted by atomic mass is 10.2. The van der Waals surface area contributed by atoms with Crippen molar-refractivity contribution in [2.45, 2.75) is 13.0 Å². The van der Waals surface area contributed by atoms with Crippen LogP contribution in [0.1, 0.15) is 12.0 Å². The molecule has 0 spiro atoms. The number of Topliss-reactive ketones (excluding diaryl/α,β-unsaturated/α-hetero) is 1. The summed E-state index contributed by atoms with van der Waals surface area (Å²) in [7, 11) is 0. The van der Waals surface area contributed by atoms with Gasteiger partial charge in [0.25, 0.3) is 0 Å². The molecule has 0 aliphatic carbocycles. The number of ketones is 1. The minimum atomic E-state index is -0.164. The van der Waals surface area contributed by atoms with Gasteiger partial charge in [0.1, 0.15) is 5.75 Å². The maximum atomic E-state index is 11.3. The van der Waals surface area contributed by atoms with E-state index in [1.165, 1.54) is 4.90 Å². The van der Waals surface area contributed by atoms with E-state index in [4.69, 9.17) is 0 Å². The fraction of sp³-hybridized carbons (Fsp3) is 0.273. The number of carbonyl (C=O) groups is 2. The number of phenols is 1. The van der Waals surface area contributed by atoms with E-state index in [-0.39, 0.29) is 30.4 Å². The average Bonchev–Trinajstić information content (AvgIpc) is 2.49. The molecule has 0 atom stereocenters. The van der Waals surface area contributed by atoms with Gasteiger partial charge in [-0.1, -0.05) is 18.2 Å². The molecule has 1 fully saturated rings. The van der Waals surface area contributed by atoms with E-state index in [0.717, 1.165) is 0 Å². The van der Waals surface area contributed by atoms with Gasteiger partial charge in [-0.2, -0.15) is 0 Å². The van der Waals surface area contributed by atoms with Crippen LogP contribution in [-0.2, 0) is 16.1 Å². The SMILES string of the molecule is O=C1CC(=O)N(Cc2ccccc2O)C1. The van der Waals surface area contributed by atoms with Crippen molar-refractivity contribution in [2.24, 2.45) is 0 Å². The van der Waals surface area contributed by atoms with Crippen LogP contribution in [0.15, 0.2) is 24.3 Å². The minimum Gasteiger partial charge on any atom is -0.508 e. The molecule has 78 valence electrons. The first-order chi connectivity index (χ1) is 7.16. The number of aromatic hydroxyl groups is 1. The van der Waals surface area contributed by atoms with Gasteiger partial charge < -0.3 is 10.0 Å². The molecule has 0 saturated carbocycles. The van der Waals surface area contributed by atoms with Crippen LogP contribution in [0, 0.1) is 0 Å². The zero-order valence-electron chi connectivity index (χ0n) is 8.14. The van der Waals surface area contributed by atoms with Crippen molar-refractivity contribution < 1.29 is 14.7 Å². The zero-order chi connectivity index (χ0) is 10.8. The lowest BCUT2D eigenvalue weighted by Gasteiger charge is -2.15. The normalized spacial score (nSPS) is 16.1. The topological polar surface area (TPSA) is 57.6 Å². The summed E-state index contributed by atoms with van der Waals surface area (Å²) in [5, 5.41) is 9.50. The molecule has 1 N–H and O–H groups in total. The van der Waals surface area contributed by atoms with Gasteiger partial charge in [-0.3, -0.25) is 9.59 Å². The molecule has 4 nitrogen and oxygen atoms in total. The second-order valence-corrected chi connectivity index (χ2v) is 3.59. The molecule has 1 aromatic rings. The summed E-state index contributed by atoms with van der Waals surface area (Å²) in [6.45, 7) is 0.463. The van der Waals surface area contributed by atoms with E-state index < -0.39 is 0 Å². The second-order valence-electron chi connectivity index (χ2n) is 3.59. The number of hydrogen-bond donors (Lipinski definition) is 1. The number of para-hydroxylation sites is 1. The Bertz CT molecular complexity index is 414. The first kappa shape index (κ1) is 9.71. The van der Waals surface area contributed by atoms with E-state index in [1.54, 1.807) is 24.3 Å². The van der Waals surface area contributed by atoms with E-state index in [0.29, 0.717) is 12.1 Å². The molecule has 2 rings (SSSR count). The van der Waals surface area contributed by atoms with Gasteiger partial charge >= 0.3 is 0 Å². The smallest absolute Gasteiger partial charge is 0.230 e. The van der Waals surface area contributed by atoms with E-state index in [2.05, 4.69) is 0 Å². The molecule has 15 heavy (non-hydrogen) atoms. The van der Waals surface area contributed by atoms with Crippen molar-refractivity contribution >= 4 is 11.7 Å². The largest absolute Gasteiger partial charge is 0.508 e. The molecule has 1 aliphatic rings. The average molecular weight is 205 g/mol. The van der Waals surface area contributed by atoms with Crippen molar-refractivity contribution in [2.75, 3.05) is 6.54 Å². The molecule has 4 heteroatoms. The highest BCUT2D eigenvalue weighted by atomic mass is 16.3. The Kier molecular flexibility index (Phi) is 2.41. The fourth-order valence-electron chi connectivity index (χ4n) is 1.63. The van der Waals surface area contributed by atoms with Crippen LogP contribution in [0.2, 0.25) is 0 Å². The van der Waals surface area contributed by atoms with Crippen molar-refractivity contribution in [3.8, 4) is 5.75 Å². The minimum absolute atomic E-state index is 0.00635. The molecule has 1 amide bonds. The van der Waals surface area contributed by atoms with Crippen molar-refractivity contribution in [1.82, 2.24) is 4.90 Å². The predicted octanol–water partition coefficient (Wildman–Crippen LogP) is 0.694. The van der Waals surface area contributed by atoms with Crippen molar-refractivity contribution in [1.29, 1.82) is 0 Å². The zero-order valence-corrected chi connectivity index (χ0v) is 8.14. The highest BCUT2D eigenvalue weighted by molar-refractivity contribution is 6.05. The lowest BCUT2D eigenvalue weighted by molar-refractivity contribution is -0.128. The van der Waals surface area contributed by atoms with E-state index >= 15 is 0 Å². The number of nitrogens with zero attached hydrogens (tertiary/aromatic N) is 1. The van der Waals surface area contributed by atoms with Crippen LogP contribution < -0.4 is 0 Å². The van der Waals surface area contributed by atoms with Gasteiger partial charge in [0.05, 0.1) is 13.0 Å². The quantitative estimate of drug-likeness (QED) is 0.723. The summed E-state index contributed by atoms with van der Waals surface area (Å²) < 4.78 is 0. The first-order valence-electron chi connectivity index (χ1n) is 4.73. The monoisotopic (exact) mass is 205 g/mol. The Morgan fingerprint density at radius 2 is 2.00 bits per heavy atom. The van der Waals surface area contributed by atoms with Crippen molar-refractivity contribution in [3.05, 3.63) is 29.8 Å². The van der Waals surface area contributed by atoms with Crippen LogP contribution in [0.4, 0.5) is 0 Å². The molecule has 0 unspecified atom stereocenters. The summed E-state index contributed by atoms with van der Waals surface area (Å²) in [6, 6.07) is 6.82. The third-order valence-corrected chi connectivity index (χ3v) is 2.42. The van der Waals surface area contributed by atoms with E-state index in [9.17, 15) is 14.7 Å². The fourth-order valence-corrected chi connectivity index (χ4v) is 1.63. The second kappa shape index (κ2) is 3.73. The van der Waals surface area contributed by atoms with Crippen LogP contribution in [-0.4, -0.2) is 28.2 Å². The number of carbonyl (C=O) groups excluding carboxylic acids is 2. The first-order valence-corrected chi connectivity index (χ1v) is 4.73. The summed E-state index contributed by atoms with van der Waals surface area (Å²) in [6.07, 6.45) is -0.00635. The van der Waals surface area contributed by atoms with Crippen molar-refractivity contribution in [3.63, 3.8) is 0 Å². The molecule has 1 saturated heterocycles. The number of rotatable bonds is 2. The number of likely N-dealkylation sites (tertiary alicyclic amines) is 1. The Morgan fingerprint density at radius 3 is 2.60 bits per heavy atom. The number of amides is 1. The highest BCUT2D eigenvalue weighted by Crippen LogP contribution is 2.19. The Hall–Kier alpha value is -1.84. The Balaban J connectivity index is 2.13. The Morgan fingerprint density at radius 1 is 1.27 bits per heavy atom. The lowest BCUT2D eigenvalue weighted by Crippen LogP contribution is -2.24. The molecular formula is C11H11NO3. The van der Waals surface area contributed by atoms with Gasteiger partial charge in [-0.15, -0.1) is 0 Å². The van der Waals surface area contributed by atoms with Gasteiger partial charge in [-0.25, -0.2) is 0 Å². The third kappa shape index (κ3) is 1.98. The molecule has 0 bridgehead atoms. The van der Waals surface area contributed by atoms with Gasteiger partial charge in [0.15, 0.2) is 5.78 Å². The molecular weight excluding hydrogens is 194 g/mol. The summed E-state index contributed by atoms with van der Waals surface area (Å²) in [4.78, 5) is 23.8. The molecule has 1 heterocycles. The van der Waals surface area contributed by atoms with Gasteiger partial charge in [-0.05, 0) is 6.07 Å². The summed E-state index contributed by atoms with van der Waals surface area (Å²) in [5.74, 6) is -0.0664. The highest BCUT2D eigenvalue weighted by Gasteiger charge is 2.27. The number of phenolic OH excluding ortho intramolecular Hbond substituents is 1. The van der Waals surface area contributed by atoms with Crippen LogP contribution >= 0.6 is 0 Å². The summed E-state index contributed by atoms with van der Waals surface area (Å²) in [5.41, 5.74) is 0.667. The van der Waals surface area contributed by atoms with Crippen LogP contribution in [0.5, 0.6) is 5.75 Å². The molecule has 0 radical (unpaired) electrons. The summed E-state index contributed by atoms with van der Waals surface area (Å²) >= 11 is 0. The number of benzene rings is 1. The molecule has 0 aromatic heterocycles. The predicted molar refractivity (Wildman–Crippen MR) is 53.1 cm³/mol. The maximum Gasteiger partial charge on any atom is 0.230 e. The number of hydrogen-bond acceptors (Lipinski definition) is 3. The third-order valence-electron chi connectivity index (χ3n) is 2.42. The standard InChI is InChI=1S/C11H11NO3/c13-9-5-11(15)12(7-9)6-8-3-1-2-4-10(8)14/h1-4,14H,5-7H2. The van der Waals surface area contributed by atoms with Gasteiger partial charge in [0.2, 0.25) is 5.91 Å². The molecule has 1 aromatic carbocycles. The Labute approximate surface area is 87.1 Å². The molecule has 1 aliphatic heterocycles. The van der Waals surface area contributed by atoms with Crippen LogP contribution in [0.3, 0.4) is 0 Å².